The number of fused-ring (bicyclic) bond motifs is 1. The monoisotopic (exact) mass is 340 g/mol. The molecule has 3 aromatic rings. The quantitative estimate of drug-likeness (QED) is 0.785. The van der Waals surface area contributed by atoms with E-state index in [1.165, 1.54) is 6.39 Å². The molecule has 0 aliphatic carbocycles. The number of aromatic nitrogens is 4. The van der Waals surface area contributed by atoms with E-state index < -0.39 is 5.97 Å². The predicted octanol–water partition coefficient (Wildman–Crippen LogP) is 3.43. The molecule has 0 aromatic carbocycles. The van der Waals surface area contributed by atoms with Crippen LogP contribution in [-0.2, 0) is 12.5 Å². The fourth-order valence-electron chi connectivity index (χ4n) is 2.82. The molecule has 3 heterocycles. The van der Waals surface area contributed by atoms with Gasteiger partial charge in [-0.25, -0.2) is 14.8 Å². The van der Waals surface area contributed by atoms with Crippen LogP contribution in [0.4, 0.5) is 0 Å². The Kier molecular flexibility index (Phi) is 3.94. The highest BCUT2D eigenvalue weighted by atomic mass is 16.4. The SMILES string of the molecule is Cc1nn(C)c2nc(/C=C/c3ncoc3C(C)(C)C)cc(C(=O)O)c12. The Morgan fingerprint density at radius 1 is 1.32 bits per heavy atom. The van der Waals surface area contributed by atoms with Gasteiger partial charge in [-0.15, -0.1) is 0 Å². The molecular weight excluding hydrogens is 320 g/mol. The van der Waals surface area contributed by atoms with Gasteiger partial charge in [0.15, 0.2) is 12.0 Å². The lowest BCUT2D eigenvalue weighted by molar-refractivity contribution is 0.0699. The molecule has 25 heavy (non-hydrogen) atoms. The highest BCUT2D eigenvalue weighted by Gasteiger charge is 2.22. The van der Waals surface area contributed by atoms with Gasteiger partial charge in [0.1, 0.15) is 11.5 Å². The molecule has 0 aliphatic rings. The molecule has 3 rings (SSSR count). The van der Waals surface area contributed by atoms with E-state index in [1.807, 2.05) is 20.8 Å². The Labute approximate surface area is 145 Å². The number of pyridine rings is 1. The molecule has 0 fully saturated rings. The third kappa shape index (κ3) is 3.05. The Hall–Kier alpha value is -2.96. The van der Waals surface area contributed by atoms with Crippen LogP contribution in [0.25, 0.3) is 23.2 Å². The minimum atomic E-state index is -1.00. The summed E-state index contributed by atoms with van der Waals surface area (Å²) >= 11 is 0. The lowest BCUT2D eigenvalue weighted by Crippen LogP contribution is -2.11. The van der Waals surface area contributed by atoms with E-state index in [0.717, 1.165) is 5.76 Å². The highest BCUT2D eigenvalue weighted by Crippen LogP contribution is 2.27. The van der Waals surface area contributed by atoms with Crippen LogP contribution in [-0.4, -0.2) is 30.8 Å². The zero-order chi connectivity index (χ0) is 18.4. The summed E-state index contributed by atoms with van der Waals surface area (Å²) in [5.74, 6) is -0.241. The van der Waals surface area contributed by atoms with Gasteiger partial charge >= 0.3 is 5.97 Å². The summed E-state index contributed by atoms with van der Waals surface area (Å²) in [5, 5.41) is 14.4. The number of nitrogens with zero attached hydrogens (tertiary/aromatic N) is 4. The van der Waals surface area contributed by atoms with Crippen LogP contribution in [0.2, 0.25) is 0 Å². The van der Waals surface area contributed by atoms with E-state index in [-0.39, 0.29) is 11.0 Å². The molecule has 0 saturated heterocycles. The summed E-state index contributed by atoms with van der Waals surface area (Å²) in [5.41, 5.74) is 2.41. The average molecular weight is 340 g/mol. The summed E-state index contributed by atoms with van der Waals surface area (Å²) in [6.45, 7) is 7.89. The molecule has 0 amide bonds. The van der Waals surface area contributed by atoms with E-state index in [1.54, 1.807) is 36.9 Å². The zero-order valence-electron chi connectivity index (χ0n) is 14.9. The van der Waals surface area contributed by atoms with Gasteiger partial charge in [-0.3, -0.25) is 4.68 Å². The molecule has 3 aromatic heterocycles. The Morgan fingerprint density at radius 3 is 2.68 bits per heavy atom. The molecule has 7 heteroatoms. The summed E-state index contributed by atoms with van der Waals surface area (Å²) in [6, 6.07) is 1.55. The largest absolute Gasteiger partial charge is 0.478 e. The Morgan fingerprint density at radius 2 is 2.04 bits per heavy atom. The summed E-state index contributed by atoms with van der Waals surface area (Å²) in [7, 11) is 1.75. The van der Waals surface area contributed by atoms with Crippen molar-refractivity contribution >= 4 is 29.2 Å². The molecule has 0 atom stereocenters. The van der Waals surface area contributed by atoms with Crippen molar-refractivity contribution in [2.75, 3.05) is 0 Å². The molecule has 0 aliphatic heterocycles. The summed E-state index contributed by atoms with van der Waals surface area (Å²) in [4.78, 5) is 20.4. The first-order valence-corrected chi connectivity index (χ1v) is 7.88. The molecule has 0 radical (unpaired) electrons. The zero-order valence-corrected chi connectivity index (χ0v) is 14.9. The van der Waals surface area contributed by atoms with Gasteiger partial charge in [0, 0.05) is 12.5 Å². The Bertz CT molecular complexity index is 990. The first-order valence-electron chi connectivity index (χ1n) is 7.88. The molecule has 0 spiro atoms. The topological polar surface area (TPSA) is 94.0 Å². The minimum absolute atomic E-state index is 0.182. The molecular formula is C18H20N4O3. The van der Waals surface area contributed by atoms with Crippen LogP contribution in [0.5, 0.6) is 0 Å². The molecule has 0 saturated carbocycles. The molecule has 1 N–H and O–H groups in total. The van der Waals surface area contributed by atoms with Crippen molar-refractivity contribution in [1.29, 1.82) is 0 Å². The van der Waals surface area contributed by atoms with Crippen LogP contribution in [0, 0.1) is 6.92 Å². The van der Waals surface area contributed by atoms with Crippen molar-refractivity contribution in [3.63, 3.8) is 0 Å². The van der Waals surface area contributed by atoms with Crippen molar-refractivity contribution in [3.05, 3.63) is 40.9 Å². The fraction of sp³-hybridized carbons (Fsp3) is 0.333. The van der Waals surface area contributed by atoms with Crippen molar-refractivity contribution in [2.24, 2.45) is 7.05 Å². The van der Waals surface area contributed by atoms with Gasteiger partial charge in [0.05, 0.1) is 22.3 Å². The number of oxazole rings is 1. The van der Waals surface area contributed by atoms with E-state index >= 15 is 0 Å². The van der Waals surface area contributed by atoms with Gasteiger partial charge in [-0.2, -0.15) is 5.10 Å². The van der Waals surface area contributed by atoms with Crippen LogP contribution in [0.15, 0.2) is 16.9 Å². The predicted molar refractivity (Wildman–Crippen MR) is 94.3 cm³/mol. The maximum Gasteiger partial charge on any atom is 0.336 e. The number of aromatic carboxylic acids is 1. The maximum atomic E-state index is 11.6. The number of carbonyl (C=O) groups is 1. The van der Waals surface area contributed by atoms with Crippen molar-refractivity contribution in [3.8, 4) is 0 Å². The number of hydrogen-bond acceptors (Lipinski definition) is 5. The minimum Gasteiger partial charge on any atom is -0.478 e. The lowest BCUT2D eigenvalue weighted by atomic mass is 9.91. The number of hydrogen-bond donors (Lipinski definition) is 1. The van der Waals surface area contributed by atoms with Gasteiger partial charge in [0.25, 0.3) is 0 Å². The first kappa shape index (κ1) is 16.9. The van der Waals surface area contributed by atoms with Gasteiger partial charge in [-0.05, 0) is 25.1 Å². The summed E-state index contributed by atoms with van der Waals surface area (Å²) < 4.78 is 7.07. The molecule has 0 unspecified atom stereocenters. The van der Waals surface area contributed by atoms with E-state index in [2.05, 4.69) is 15.1 Å². The Balaban J connectivity index is 2.10. The summed E-state index contributed by atoms with van der Waals surface area (Å²) in [6.07, 6.45) is 4.93. The van der Waals surface area contributed by atoms with E-state index in [9.17, 15) is 9.90 Å². The van der Waals surface area contributed by atoms with Crippen molar-refractivity contribution in [2.45, 2.75) is 33.1 Å². The van der Waals surface area contributed by atoms with Crippen LogP contribution in [0.1, 0.15) is 54.0 Å². The number of carboxylic acids is 1. The van der Waals surface area contributed by atoms with Gasteiger partial charge in [0.2, 0.25) is 0 Å². The van der Waals surface area contributed by atoms with Crippen LogP contribution >= 0.6 is 0 Å². The fourth-order valence-corrected chi connectivity index (χ4v) is 2.82. The third-order valence-corrected chi connectivity index (χ3v) is 3.91. The van der Waals surface area contributed by atoms with E-state index in [4.69, 9.17) is 4.42 Å². The van der Waals surface area contributed by atoms with Gasteiger partial charge in [-0.1, -0.05) is 20.8 Å². The second-order valence-corrected chi connectivity index (χ2v) is 6.96. The highest BCUT2D eigenvalue weighted by molar-refractivity contribution is 6.03. The second-order valence-electron chi connectivity index (χ2n) is 6.96. The number of rotatable bonds is 3. The second kappa shape index (κ2) is 5.84. The van der Waals surface area contributed by atoms with Crippen molar-refractivity contribution < 1.29 is 14.3 Å². The third-order valence-electron chi connectivity index (χ3n) is 3.91. The number of carboxylic acid groups (broad SMARTS) is 1. The van der Waals surface area contributed by atoms with Crippen LogP contribution in [0.3, 0.4) is 0 Å². The average Bonchev–Trinajstić information content (AvgIpc) is 3.10. The first-order chi connectivity index (χ1) is 11.7. The lowest BCUT2D eigenvalue weighted by Gasteiger charge is -2.14. The molecule has 7 nitrogen and oxygen atoms in total. The van der Waals surface area contributed by atoms with E-state index in [0.29, 0.717) is 28.1 Å². The number of aryl methyl sites for hydroxylation is 2. The molecule has 130 valence electrons. The molecule has 0 bridgehead atoms. The van der Waals surface area contributed by atoms with Crippen LogP contribution < -0.4 is 0 Å². The van der Waals surface area contributed by atoms with Gasteiger partial charge < -0.3 is 9.52 Å². The standard InChI is InChI=1S/C18H20N4O3/c1-10-14-12(17(23)24)8-11(20-16(14)22(5)21-10)6-7-13-15(18(2,3)4)25-9-19-13/h6-9H,1-5H3,(H,23,24)/b7-6+. The normalized spacial score (nSPS) is 12.4. The maximum absolute atomic E-state index is 11.6. The van der Waals surface area contributed by atoms with Crippen molar-refractivity contribution in [1.82, 2.24) is 19.7 Å². The smallest absolute Gasteiger partial charge is 0.336 e.